The summed E-state index contributed by atoms with van der Waals surface area (Å²) in [5.74, 6) is -0.444. The summed E-state index contributed by atoms with van der Waals surface area (Å²) < 4.78 is 4.95. The van der Waals surface area contributed by atoms with Crippen LogP contribution in [0.5, 0.6) is 0 Å². The Bertz CT molecular complexity index is 1320. The highest BCUT2D eigenvalue weighted by atomic mass is 16.5. The number of methoxy groups -OCH3 is 1. The molecule has 0 spiro atoms. The monoisotopic (exact) mass is 556 g/mol. The zero-order chi connectivity index (χ0) is 29.2. The van der Waals surface area contributed by atoms with Crippen molar-refractivity contribution in [2.75, 3.05) is 57.2 Å². The molecule has 3 amide bonds. The summed E-state index contributed by atoms with van der Waals surface area (Å²) in [6.45, 7) is 4.99. The Morgan fingerprint density at radius 3 is 2.32 bits per heavy atom. The fourth-order valence-electron chi connectivity index (χ4n) is 5.36. The van der Waals surface area contributed by atoms with Gasteiger partial charge in [-0.2, -0.15) is 0 Å². The van der Waals surface area contributed by atoms with E-state index in [-0.39, 0.29) is 30.2 Å². The van der Waals surface area contributed by atoms with Crippen molar-refractivity contribution in [2.45, 2.75) is 32.2 Å². The van der Waals surface area contributed by atoms with Crippen LogP contribution in [0.2, 0.25) is 0 Å². The number of anilines is 2. The van der Waals surface area contributed by atoms with Crippen LogP contribution in [0.1, 0.15) is 47.2 Å². The molecule has 3 aromatic carbocycles. The molecular weight excluding hydrogens is 516 g/mol. The van der Waals surface area contributed by atoms with Crippen molar-refractivity contribution in [3.8, 4) is 0 Å². The Morgan fingerprint density at radius 2 is 1.63 bits per heavy atom. The fraction of sp³-hybridized carbons (Fsp3) is 0.364. The SMILES string of the molecule is CC[C@H](C(=O)N1CCCN(c2ccc(NC(=O)COC)cc2C(=O)N(C)Cc2ccccc2)CC1)c1ccccc1. The summed E-state index contributed by atoms with van der Waals surface area (Å²) in [5, 5.41) is 2.82. The molecule has 0 saturated carbocycles. The van der Waals surface area contributed by atoms with Gasteiger partial charge in [-0.3, -0.25) is 14.4 Å². The summed E-state index contributed by atoms with van der Waals surface area (Å²) in [6, 6.07) is 25.2. The zero-order valence-electron chi connectivity index (χ0n) is 24.2. The standard InChI is InChI=1S/C33H40N4O4/c1-4-28(26-14-9-6-10-15-26)33(40)37-19-11-18-36(20-21-37)30-17-16-27(34-31(38)24-41-3)22-29(30)32(39)35(2)23-25-12-7-5-8-13-25/h5-10,12-17,22,28H,4,11,18-21,23-24H2,1-3H3,(H,34,38)/t28-/m0/s1. The van der Waals surface area contributed by atoms with Crippen LogP contribution >= 0.6 is 0 Å². The number of hydrogen-bond donors (Lipinski definition) is 1. The summed E-state index contributed by atoms with van der Waals surface area (Å²) in [6.07, 6.45) is 1.53. The molecule has 1 atom stereocenters. The van der Waals surface area contributed by atoms with Crippen LogP contribution in [0, 0.1) is 0 Å². The summed E-state index contributed by atoms with van der Waals surface area (Å²) in [4.78, 5) is 45.4. The van der Waals surface area contributed by atoms with E-state index >= 15 is 0 Å². The molecule has 1 N–H and O–H groups in total. The Labute approximate surface area is 242 Å². The molecule has 0 aliphatic carbocycles. The van der Waals surface area contributed by atoms with Gasteiger partial charge >= 0.3 is 0 Å². The van der Waals surface area contributed by atoms with E-state index in [2.05, 4.69) is 17.1 Å². The lowest BCUT2D eigenvalue weighted by Crippen LogP contribution is -2.38. The first-order valence-corrected chi connectivity index (χ1v) is 14.2. The van der Waals surface area contributed by atoms with Crippen molar-refractivity contribution in [2.24, 2.45) is 0 Å². The second-order valence-corrected chi connectivity index (χ2v) is 10.4. The molecule has 1 aliphatic rings. The molecular formula is C33H40N4O4. The minimum atomic E-state index is -0.288. The van der Waals surface area contributed by atoms with Crippen LogP contribution in [-0.2, 0) is 20.9 Å². The van der Waals surface area contributed by atoms with E-state index in [1.165, 1.54) is 7.11 Å². The van der Waals surface area contributed by atoms with Crippen molar-refractivity contribution < 1.29 is 19.1 Å². The van der Waals surface area contributed by atoms with Crippen LogP contribution in [0.4, 0.5) is 11.4 Å². The second-order valence-electron chi connectivity index (χ2n) is 10.4. The van der Waals surface area contributed by atoms with Crippen LogP contribution in [0.15, 0.2) is 78.9 Å². The van der Waals surface area contributed by atoms with Gasteiger partial charge < -0.3 is 24.8 Å². The highest BCUT2D eigenvalue weighted by Crippen LogP contribution is 2.29. The number of carbonyl (C=O) groups is 3. The van der Waals surface area contributed by atoms with Gasteiger partial charge in [0.2, 0.25) is 11.8 Å². The molecule has 3 aromatic rings. The Kier molecular flexibility index (Phi) is 10.5. The van der Waals surface area contributed by atoms with E-state index in [0.29, 0.717) is 44.0 Å². The Balaban J connectivity index is 1.56. The van der Waals surface area contributed by atoms with Crippen molar-refractivity contribution >= 4 is 29.1 Å². The molecule has 0 unspecified atom stereocenters. The van der Waals surface area contributed by atoms with E-state index in [9.17, 15) is 14.4 Å². The Morgan fingerprint density at radius 1 is 0.927 bits per heavy atom. The fourth-order valence-corrected chi connectivity index (χ4v) is 5.36. The van der Waals surface area contributed by atoms with Crippen LogP contribution in [0.3, 0.4) is 0 Å². The van der Waals surface area contributed by atoms with E-state index in [0.717, 1.165) is 29.7 Å². The smallest absolute Gasteiger partial charge is 0.256 e. The van der Waals surface area contributed by atoms with E-state index in [1.54, 1.807) is 18.0 Å². The third-order valence-electron chi connectivity index (χ3n) is 7.45. The van der Waals surface area contributed by atoms with Gasteiger partial charge in [-0.1, -0.05) is 67.6 Å². The molecule has 8 nitrogen and oxygen atoms in total. The molecule has 216 valence electrons. The molecule has 0 bridgehead atoms. The normalized spacial score (nSPS) is 14.2. The maximum atomic E-state index is 13.8. The summed E-state index contributed by atoms with van der Waals surface area (Å²) in [7, 11) is 3.25. The largest absolute Gasteiger partial charge is 0.375 e. The maximum Gasteiger partial charge on any atom is 0.256 e. The van der Waals surface area contributed by atoms with Gasteiger partial charge in [0.25, 0.3) is 5.91 Å². The number of amides is 3. The Hall–Kier alpha value is -4.17. The summed E-state index contributed by atoms with van der Waals surface area (Å²) in [5.41, 5.74) is 3.91. The lowest BCUT2D eigenvalue weighted by molar-refractivity contribution is -0.132. The number of carbonyl (C=O) groups excluding carboxylic acids is 3. The van der Waals surface area contributed by atoms with Crippen molar-refractivity contribution in [3.05, 3.63) is 95.6 Å². The third-order valence-corrected chi connectivity index (χ3v) is 7.45. The number of nitrogens with one attached hydrogen (secondary N) is 1. The van der Waals surface area contributed by atoms with Crippen molar-refractivity contribution in [1.29, 1.82) is 0 Å². The number of benzene rings is 3. The maximum absolute atomic E-state index is 13.8. The van der Waals surface area contributed by atoms with Gasteiger partial charge in [-0.05, 0) is 42.2 Å². The first-order chi connectivity index (χ1) is 19.9. The van der Waals surface area contributed by atoms with Crippen LogP contribution in [0.25, 0.3) is 0 Å². The van der Waals surface area contributed by atoms with Gasteiger partial charge in [0.15, 0.2) is 0 Å². The molecule has 8 heteroatoms. The lowest BCUT2D eigenvalue weighted by Gasteiger charge is -2.28. The minimum Gasteiger partial charge on any atom is -0.375 e. The topological polar surface area (TPSA) is 82.2 Å². The highest BCUT2D eigenvalue weighted by molar-refractivity contribution is 6.02. The third kappa shape index (κ3) is 7.73. The first-order valence-electron chi connectivity index (χ1n) is 14.2. The molecule has 1 heterocycles. The molecule has 0 radical (unpaired) electrons. The average molecular weight is 557 g/mol. The quantitative estimate of drug-likeness (QED) is 0.389. The number of ether oxygens (including phenoxy) is 1. The predicted molar refractivity (Wildman–Crippen MR) is 162 cm³/mol. The van der Waals surface area contributed by atoms with E-state index in [4.69, 9.17) is 4.74 Å². The predicted octanol–water partition coefficient (Wildman–Crippen LogP) is 4.78. The number of rotatable bonds is 10. The van der Waals surface area contributed by atoms with Gasteiger partial charge in [0.1, 0.15) is 6.61 Å². The zero-order valence-corrected chi connectivity index (χ0v) is 24.2. The minimum absolute atomic E-state index is 0.0728. The van der Waals surface area contributed by atoms with E-state index in [1.807, 2.05) is 77.7 Å². The number of hydrogen-bond acceptors (Lipinski definition) is 5. The van der Waals surface area contributed by atoms with Gasteiger partial charge in [-0.25, -0.2) is 0 Å². The van der Waals surface area contributed by atoms with Crippen LogP contribution < -0.4 is 10.2 Å². The molecule has 1 aliphatic heterocycles. The number of nitrogens with zero attached hydrogens (tertiary/aromatic N) is 3. The lowest BCUT2D eigenvalue weighted by atomic mass is 9.95. The van der Waals surface area contributed by atoms with E-state index < -0.39 is 0 Å². The van der Waals surface area contributed by atoms with Crippen LogP contribution in [-0.4, -0.2) is 74.5 Å². The van der Waals surface area contributed by atoms with Gasteiger partial charge in [0, 0.05) is 58.3 Å². The molecule has 4 rings (SSSR count). The first kappa shape index (κ1) is 29.8. The van der Waals surface area contributed by atoms with Gasteiger partial charge in [-0.15, -0.1) is 0 Å². The highest BCUT2D eigenvalue weighted by Gasteiger charge is 2.28. The van der Waals surface area contributed by atoms with Gasteiger partial charge in [0.05, 0.1) is 11.5 Å². The second kappa shape index (κ2) is 14.5. The molecule has 1 saturated heterocycles. The average Bonchev–Trinajstić information content (AvgIpc) is 3.25. The van der Waals surface area contributed by atoms with Crippen molar-refractivity contribution in [1.82, 2.24) is 9.80 Å². The molecule has 41 heavy (non-hydrogen) atoms. The molecule has 0 aromatic heterocycles. The summed E-state index contributed by atoms with van der Waals surface area (Å²) >= 11 is 0. The molecule has 1 fully saturated rings. The van der Waals surface area contributed by atoms with Crippen molar-refractivity contribution in [3.63, 3.8) is 0 Å².